The molecule has 2 heterocycles. The van der Waals surface area contributed by atoms with E-state index in [-0.39, 0.29) is 18.0 Å². The Balaban J connectivity index is 1.70. The highest BCUT2D eigenvalue weighted by molar-refractivity contribution is 7.09. The Bertz CT molecular complexity index is 501. The van der Waals surface area contributed by atoms with Crippen LogP contribution in [0.1, 0.15) is 61.7 Å². The Morgan fingerprint density at radius 3 is 2.90 bits per heavy atom. The zero-order valence-corrected chi connectivity index (χ0v) is 13.6. The number of thiazole rings is 1. The van der Waals surface area contributed by atoms with E-state index in [0.717, 1.165) is 42.9 Å². The monoisotopic (exact) mass is 307 g/mol. The number of carbonyl (C=O) groups excluding carboxylic acids is 1. The molecule has 1 aliphatic carbocycles. The van der Waals surface area contributed by atoms with Gasteiger partial charge >= 0.3 is 0 Å². The second-order valence-electron chi connectivity index (χ2n) is 6.48. The molecule has 0 bridgehead atoms. The number of nitrogens with two attached hydrogens (primary N) is 1. The third-order valence-corrected chi connectivity index (χ3v) is 5.96. The summed E-state index contributed by atoms with van der Waals surface area (Å²) >= 11 is 1.69. The molecule has 2 N–H and O–H groups in total. The molecule has 21 heavy (non-hydrogen) atoms. The average Bonchev–Trinajstić information content (AvgIpc) is 3.08. The van der Waals surface area contributed by atoms with Crippen LogP contribution in [-0.2, 0) is 4.79 Å². The first-order chi connectivity index (χ1) is 10.1. The minimum Gasteiger partial charge on any atom is -0.333 e. The minimum atomic E-state index is 0.197. The van der Waals surface area contributed by atoms with E-state index in [1.54, 1.807) is 11.3 Å². The van der Waals surface area contributed by atoms with Gasteiger partial charge in [0.1, 0.15) is 5.01 Å². The van der Waals surface area contributed by atoms with Crippen LogP contribution in [0, 0.1) is 12.8 Å². The highest BCUT2D eigenvalue weighted by Crippen LogP contribution is 2.35. The minimum absolute atomic E-state index is 0.197. The number of likely N-dealkylation sites (tertiary alicyclic amines) is 1. The Kier molecular flexibility index (Phi) is 4.60. The fourth-order valence-electron chi connectivity index (χ4n) is 3.67. The molecular weight excluding hydrogens is 282 g/mol. The SMILES string of the molecule is Cc1csc(C2CCCCN2C(=O)C[C@@H]2CCC[C@H]2N)n1. The smallest absolute Gasteiger partial charge is 0.223 e. The average molecular weight is 307 g/mol. The van der Waals surface area contributed by atoms with Crippen LogP contribution in [0.4, 0.5) is 0 Å². The van der Waals surface area contributed by atoms with Crippen molar-refractivity contribution in [3.63, 3.8) is 0 Å². The maximum absolute atomic E-state index is 12.7. The van der Waals surface area contributed by atoms with Crippen LogP contribution >= 0.6 is 11.3 Å². The number of aromatic nitrogens is 1. The molecule has 0 aromatic carbocycles. The van der Waals surface area contributed by atoms with Gasteiger partial charge in [0, 0.05) is 30.1 Å². The van der Waals surface area contributed by atoms with Crippen LogP contribution < -0.4 is 5.73 Å². The van der Waals surface area contributed by atoms with Crippen molar-refractivity contribution in [1.29, 1.82) is 0 Å². The van der Waals surface area contributed by atoms with Gasteiger partial charge in [0.2, 0.25) is 5.91 Å². The van der Waals surface area contributed by atoms with Gasteiger partial charge in [0.15, 0.2) is 0 Å². The predicted molar refractivity (Wildman–Crippen MR) is 85.1 cm³/mol. The molecule has 1 aliphatic heterocycles. The lowest BCUT2D eigenvalue weighted by Gasteiger charge is -2.35. The van der Waals surface area contributed by atoms with Crippen molar-refractivity contribution >= 4 is 17.2 Å². The van der Waals surface area contributed by atoms with Crippen LogP contribution in [0.2, 0.25) is 0 Å². The molecule has 1 saturated carbocycles. The Labute approximate surface area is 130 Å². The zero-order valence-electron chi connectivity index (χ0n) is 12.8. The van der Waals surface area contributed by atoms with Crippen LogP contribution in [0.25, 0.3) is 0 Å². The van der Waals surface area contributed by atoms with Crippen LogP contribution in [0.15, 0.2) is 5.38 Å². The molecule has 0 spiro atoms. The summed E-state index contributed by atoms with van der Waals surface area (Å²) in [5.41, 5.74) is 7.19. The normalized spacial score (nSPS) is 29.8. The van der Waals surface area contributed by atoms with Gasteiger partial charge in [-0.3, -0.25) is 4.79 Å². The van der Waals surface area contributed by atoms with Crippen LogP contribution in [0.3, 0.4) is 0 Å². The van der Waals surface area contributed by atoms with Crippen molar-refractivity contribution < 1.29 is 4.79 Å². The van der Waals surface area contributed by atoms with Gasteiger partial charge in [-0.1, -0.05) is 6.42 Å². The van der Waals surface area contributed by atoms with Gasteiger partial charge in [-0.15, -0.1) is 11.3 Å². The summed E-state index contributed by atoms with van der Waals surface area (Å²) in [6.07, 6.45) is 7.35. The summed E-state index contributed by atoms with van der Waals surface area (Å²) in [5.74, 6) is 0.674. The Morgan fingerprint density at radius 2 is 2.24 bits per heavy atom. The third kappa shape index (κ3) is 3.29. The van der Waals surface area contributed by atoms with E-state index in [0.29, 0.717) is 12.3 Å². The molecule has 5 heteroatoms. The molecule has 1 amide bonds. The number of amides is 1. The number of piperidine rings is 1. The van der Waals surface area contributed by atoms with Gasteiger partial charge < -0.3 is 10.6 Å². The topological polar surface area (TPSA) is 59.2 Å². The summed E-state index contributed by atoms with van der Waals surface area (Å²) in [7, 11) is 0. The fourth-order valence-corrected chi connectivity index (χ4v) is 4.62. The molecule has 1 saturated heterocycles. The van der Waals surface area contributed by atoms with Gasteiger partial charge in [0.05, 0.1) is 6.04 Å². The first-order valence-corrected chi connectivity index (χ1v) is 9.00. The Morgan fingerprint density at radius 1 is 1.38 bits per heavy atom. The van der Waals surface area contributed by atoms with Gasteiger partial charge in [0.25, 0.3) is 0 Å². The molecule has 2 aliphatic rings. The fraction of sp³-hybridized carbons (Fsp3) is 0.750. The summed E-state index contributed by atoms with van der Waals surface area (Å²) in [5, 5.41) is 3.19. The molecule has 1 aromatic heterocycles. The molecule has 0 radical (unpaired) electrons. The molecule has 4 nitrogen and oxygen atoms in total. The summed E-state index contributed by atoms with van der Waals surface area (Å²) in [6, 6.07) is 0.418. The summed E-state index contributed by atoms with van der Waals surface area (Å²) in [6.45, 7) is 2.90. The quantitative estimate of drug-likeness (QED) is 0.934. The Hall–Kier alpha value is -0.940. The first kappa shape index (κ1) is 15.0. The van der Waals surface area contributed by atoms with E-state index in [2.05, 4.69) is 15.3 Å². The zero-order chi connectivity index (χ0) is 14.8. The number of hydrogen-bond acceptors (Lipinski definition) is 4. The van der Waals surface area contributed by atoms with E-state index in [9.17, 15) is 4.79 Å². The van der Waals surface area contributed by atoms with Crippen molar-refractivity contribution in [2.75, 3.05) is 6.54 Å². The van der Waals surface area contributed by atoms with Crippen molar-refractivity contribution in [2.45, 2.75) is 64.0 Å². The number of nitrogens with zero attached hydrogens (tertiary/aromatic N) is 2. The van der Waals surface area contributed by atoms with Gasteiger partial charge in [-0.25, -0.2) is 4.98 Å². The van der Waals surface area contributed by atoms with Crippen LogP contribution in [-0.4, -0.2) is 28.4 Å². The second-order valence-corrected chi connectivity index (χ2v) is 7.37. The van der Waals surface area contributed by atoms with Gasteiger partial charge in [-0.2, -0.15) is 0 Å². The molecule has 3 atom stereocenters. The summed E-state index contributed by atoms with van der Waals surface area (Å²) < 4.78 is 0. The van der Waals surface area contributed by atoms with Crippen LogP contribution in [0.5, 0.6) is 0 Å². The van der Waals surface area contributed by atoms with Crippen molar-refractivity contribution in [1.82, 2.24) is 9.88 Å². The first-order valence-electron chi connectivity index (χ1n) is 8.12. The lowest BCUT2D eigenvalue weighted by molar-refractivity contribution is -0.136. The van der Waals surface area contributed by atoms with Crippen molar-refractivity contribution in [3.05, 3.63) is 16.1 Å². The third-order valence-electron chi connectivity index (χ3n) is 4.90. The molecule has 3 rings (SSSR count). The number of rotatable bonds is 3. The molecule has 2 fully saturated rings. The van der Waals surface area contributed by atoms with E-state index in [1.165, 1.54) is 12.8 Å². The molecule has 1 unspecified atom stereocenters. The predicted octanol–water partition coefficient (Wildman–Crippen LogP) is 3.02. The maximum atomic E-state index is 12.7. The molecule has 116 valence electrons. The largest absolute Gasteiger partial charge is 0.333 e. The number of hydrogen-bond donors (Lipinski definition) is 1. The lowest BCUT2D eigenvalue weighted by Crippen LogP contribution is -2.40. The highest BCUT2D eigenvalue weighted by Gasteiger charge is 2.33. The maximum Gasteiger partial charge on any atom is 0.223 e. The second kappa shape index (κ2) is 6.44. The lowest BCUT2D eigenvalue weighted by atomic mass is 9.96. The number of carbonyl (C=O) groups is 1. The van der Waals surface area contributed by atoms with E-state index >= 15 is 0 Å². The summed E-state index contributed by atoms with van der Waals surface area (Å²) in [4.78, 5) is 19.4. The van der Waals surface area contributed by atoms with E-state index in [4.69, 9.17) is 5.73 Å². The van der Waals surface area contributed by atoms with Crippen molar-refractivity contribution in [3.8, 4) is 0 Å². The standard InChI is InChI=1S/C16H25N3OS/c1-11-10-21-16(18-11)14-7-2-3-8-19(14)15(20)9-12-5-4-6-13(12)17/h10,12-14H,2-9,17H2,1H3/t12-,13+,14?/m0/s1. The van der Waals surface area contributed by atoms with E-state index < -0.39 is 0 Å². The van der Waals surface area contributed by atoms with Crippen molar-refractivity contribution in [2.24, 2.45) is 11.7 Å². The van der Waals surface area contributed by atoms with E-state index in [1.807, 2.05) is 6.92 Å². The molecular formula is C16H25N3OS. The molecule has 1 aromatic rings. The highest BCUT2D eigenvalue weighted by atomic mass is 32.1. The number of aryl methyl sites for hydroxylation is 1. The van der Waals surface area contributed by atoms with Gasteiger partial charge in [-0.05, 0) is 44.9 Å².